The van der Waals surface area contributed by atoms with Crippen molar-refractivity contribution in [3.05, 3.63) is 53.6 Å². The molecule has 2 aliphatic rings. The highest BCUT2D eigenvalue weighted by molar-refractivity contribution is 6.32. The molecule has 160 valence electrons. The molecule has 2 aromatic carbocycles. The molecule has 0 bridgehead atoms. The van der Waals surface area contributed by atoms with E-state index in [0.29, 0.717) is 40.7 Å². The molecule has 2 aromatic rings. The molecule has 6 nitrogen and oxygen atoms in total. The number of nitrogens with zero attached hydrogens (tertiary/aromatic N) is 1. The third kappa shape index (κ3) is 5.45. The highest BCUT2D eigenvalue weighted by atomic mass is 35.5. The number of ether oxygens (including phenoxy) is 2. The van der Waals surface area contributed by atoms with Crippen LogP contribution in [-0.4, -0.2) is 49.8 Å². The number of hydrogen-bond donors (Lipinski definition) is 2. The normalized spacial score (nSPS) is 20.1. The van der Waals surface area contributed by atoms with Crippen LogP contribution >= 0.6 is 11.6 Å². The van der Waals surface area contributed by atoms with E-state index < -0.39 is 0 Å². The number of anilines is 1. The van der Waals surface area contributed by atoms with Gasteiger partial charge in [0, 0.05) is 30.8 Å². The summed E-state index contributed by atoms with van der Waals surface area (Å²) in [7, 11) is 0. The first-order valence-corrected chi connectivity index (χ1v) is 11.0. The number of halogens is 1. The molecule has 30 heavy (non-hydrogen) atoms. The third-order valence-corrected chi connectivity index (χ3v) is 6.08. The average molecular weight is 430 g/mol. The largest absolute Gasteiger partial charge is 0.456 e. The Morgan fingerprint density at radius 2 is 1.93 bits per heavy atom. The second-order valence-corrected chi connectivity index (χ2v) is 8.23. The van der Waals surface area contributed by atoms with Gasteiger partial charge in [0.25, 0.3) is 0 Å². The molecular formula is C23H28ClN3O3. The summed E-state index contributed by atoms with van der Waals surface area (Å²) < 4.78 is 11.4. The van der Waals surface area contributed by atoms with Gasteiger partial charge in [-0.3, -0.25) is 4.90 Å². The summed E-state index contributed by atoms with van der Waals surface area (Å²) in [5.41, 5.74) is 0.709. The number of carbonyl (C=O) groups excluding carboxylic acids is 1. The van der Waals surface area contributed by atoms with Gasteiger partial charge in [-0.05, 0) is 68.8 Å². The van der Waals surface area contributed by atoms with Crippen LogP contribution in [0.3, 0.4) is 0 Å². The first-order valence-electron chi connectivity index (χ1n) is 10.6. The number of amides is 2. The summed E-state index contributed by atoms with van der Waals surface area (Å²) in [6.07, 6.45) is 3.54. The molecule has 7 heteroatoms. The van der Waals surface area contributed by atoms with Gasteiger partial charge in [-0.1, -0.05) is 23.7 Å². The van der Waals surface area contributed by atoms with Gasteiger partial charge in [0.15, 0.2) is 0 Å². The lowest BCUT2D eigenvalue weighted by molar-refractivity contribution is 0.135. The van der Waals surface area contributed by atoms with Crippen molar-refractivity contribution in [2.45, 2.75) is 25.3 Å². The van der Waals surface area contributed by atoms with E-state index in [-0.39, 0.29) is 6.03 Å². The van der Waals surface area contributed by atoms with Crippen LogP contribution in [0.5, 0.6) is 11.5 Å². The van der Waals surface area contributed by atoms with E-state index in [1.54, 1.807) is 6.07 Å². The number of likely N-dealkylation sites (tertiary alicyclic amines) is 1. The molecule has 2 heterocycles. The van der Waals surface area contributed by atoms with Crippen LogP contribution in [-0.2, 0) is 4.74 Å². The minimum absolute atomic E-state index is 0.196. The standard InChI is InChI=1S/C23H28ClN3O3/c24-20-5-1-2-6-22(20)30-19-9-7-18(8-10-19)26-23(28)25-15-21(17-11-14-29-16-17)27-12-3-4-13-27/h1-2,5-10,17,21H,3-4,11-16H2,(H2,25,26,28)/t17-,21-/m0/s1. The lowest BCUT2D eigenvalue weighted by Crippen LogP contribution is -2.48. The summed E-state index contributed by atoms with van der Waals surface area (Å²) in [5, 5.41) is 6.51. The molecule has 2 fully saturated rings. The molecule has 2 saturated heterocycles. The zero-order valence-electron chi connectivity index (χ0n) is 17.0. The summed E-state index contributed by atoms with van der Waals surface area (Å²) >= 11 is 6.13. The molecule has 0 unspecified atom stereocenters. The van der Waals surface area contributed by atoms with Gasteiger partial charge in [-0.25, -0.2) is 4.79 Å². The Kier molecular flexibility index (Phi) is 7.10. The van der Waals surface area contributed by atoms with Crippen molar-refractivity contribution < 1.29 is 14.3 Å². The first kappa shape index (κ1) is 21.0. The smallest absolute Gasteiger partial charge is 0.319 e. The monoisotopic (exact) mass is 429 g/mol. The first-order chi connectivity index (χ1) is 14.7. The Balaban J connectivity index is 1.29. The van der Waals surface area contributed by atoms with Crippen LogP contribution in [0.2, 0.25) is 5.02 Å². The Morgan fingerprint density at radius 1 is 1.17 bits per heavy atom. The fraction of sp³-hybridized carbons (Fsp3) is 0.435. The zero-order chi connectivity index (χ0) is 20.8. The van der Waals surface area contributed by atoms with Crippen LogP contribution in [0.4, 0.5) is 10.5 Å². The maximum atomic E-state index is 12.4. The van der Waals surface area contributed by atoms with Crippen molar-refractivity contribution in [3.63, 3.8) is 0 Å². The summed E-state index contributed by atoms with van der Waals surface area (Å²) in [4.78, 5) is 14.9. The molecule has 2 N–H and O–H groups in total. The van der Waals surface area contributed by atoms with Crippen LogP contribution in [0, 0.1) is 5.92 Å². The predicted molar refractivity (Wildman–Crippen MR) is 119 cm³/mol. The minimum atomic E-state index is -0.196. The quantitative estimate of drug-likeness (QED) is 0.666. The van der Waals surface area contributed by atoms with Gasteiger partial charge in [0.05, 0.1) is 11.6 Å². The Morgan fingerprint density at radius 3 is 2.63 bits per heavy atom. The molecule has 0 saturated carbocycles. The van der Waals surface area contributed by atoms with Crippen molar-refractivity contribution in [1.82, 2.24) is 10.2 Å². The lowest BCUT2D eigenvalue weighted by atomic mass is 9.97. The van der Waals surface area contributed by atoms with Crippen molar-refractivity contribution in [3.8, 4) is 11.5 Å². The molecular weight excluding hydrogens is 402 g/mol. The van der Waals surface area contributed by atoms with E-state index in [4.69, 9.17) is 21.1 Å². The summed E-state index contributed by atoms with van der Waals surface area (Å²) in [6.45, 7) is 4.46. The highest BCUT2D eigenvalue weighted by Gasteiger charge is 2.32. The zero-order valence-corrected chi connectivity index (χ0v) is 17.7. The lowest BCUT2D eigenvalue weighted by Gasteiger charge is -2.31. The Bertz CT molecular complexity index is 818. The summed E-state index contributed by atoms with van der Waals surface area (Å²) in [5.74, 6) is 1.75. The molecule has 2 aliphatic heterocycles. The number of para-hydroxylation sites is 1. The molecule has 0 aliphatic carbocycles. The number of carbonyl (C=O) groups is 1. The molecule has 0 aromatic heterocycles. The molecule has 4 rings (SSSR count). The number of urea groups is 1. The molecule has 0 radical (unpaired) electrons. The van der Waals surface area contributed by atoms with Gasteiger partial charge < -0.3 is 20.1 Å². The van der Waals surface area contributed by atoms with Crippen LogP contribution in [0.1, 0.15) is 19.3 Å². The second kappa shape index (κ2) is 10.2. The maximum Gasteiger partial charge on any atom is 0.319 e. The molecule has 0 spiro atoms. The van der Waals surface area contributed by atoms with Crippen molar-refractivity contribution in [2.24, 2.45) is 5.92 Å². The molecule has 2 atom stereocenters. The Hall–Kier alpha value is -2.28. The van der Waals surface area contributed by atoms with E-state index in [2.05, 4.69) is 15.5 Å². The fourth-order valence-corrected chi connectivity index (χ4v) is 4.33. The van der Waals surface area contributed by atoms with Crippen molar-refractivity contribution in [2.75, 3.05) is 38.2 Å². The van der Waals surface area contributed by atoms with E-state index in [1.165, 1.54) is 12.8 Å². The topological polar surface area (TPSA) is 62.8 Å². The van der Waals surface area contributed by atoms with Crippen LogP contribution in [0.15, 0.2) is 48.5 Å². The van der Waals surface area contributed by atoms with Crippen LogP contribution in [0.25, 0.3) is 0 Å². The third-order valence-electron chi connectivity index (χ3n) is 5.77. The van der Waals surface area contributed by atoms with Crippen molar-refractivity contribution >= 4 is 23.3 Å². The van der Waals surface area contributed by atoms with E-state index in [1.807, 2.05) is 42.5 Å². The Labute approximate surface area is 182 Å². The number of nitrogens with one attached hydrogen (secondary N) is 2. The minimum Gasteiger partial charge on any atom is -0.456 e. The average Bonchev–Trinajstić information content (AvgIpc) is 3.46. The predicted octanol–water partition coefficient (Wildman–Crippen LogP) is 4.75. The number of hydrogen-bond acceptors (Lipinski definition) is 4. The van der Waals surface area contributed by atoms with Gasteiger partial charge in [-0.2, -0.15) is 0 Å². The summed E-state index contributed by atoms with van der Waals surface area (Å²) in [6, 6.07) is 14.7. The highest BCUT2D eigenvalue weighted by Crippen LogP contribution is 2.29. The fourth-order valence-electron chi connectivity index (χ4n) is 4.16. The van der Waals surface area contributed by atoms with Gasteiger partial charge in [0.2, 0.25) is 0 Å². The number of benzene rings is 2. The van der Waals surface area contributed by atoms with E-state index >= 15 is 0 Å². The van der Waals surface area contributed by atoms with Gasteiger partial charge in [0.1, 0.15) is 11.5 Å². The van der Waals surface area contributed by atoms with Gasteiger partial charge in [-0.15, -0.1) is 0 Å². The maximum absolute atomic E-state index is 12.4. The number of rotatable bonds is 7. The molecule has 2 amide bonds. The van der Waals surface area contributed by atoms with Crippen LogP contribution < -0.4 is 15.4 Å². The van der Waals surface area contributed by atoms with E-state index in [0.717, 1.165) is 32.7 Å². The SMILES string of the molecule is O=C(NC[C@@H]([C@H]1CCOC1)N1CCCC1)Nc1ccc(Oc2ccccc2Cl)cc1. The second-order valence-electron chi connectivity index (χ2n) is 7.83. The van der Waals surface area contributed by atoms with Gasteiger partial charge >= 0.3 is 6.03 Å². The van der Waals surface area contributed by atoms with E-state index in [9.17, 15) is 4.79 Å². The van der Waals surface area contributed by atoms with Crippen molar-refractivity contribution in [1.29, 1.82) is 0 Å².